The van der Waals surface area contributed by atoms with E-state index in [2.05, 4.69) is 6.92 Å². The van der Waals surface area contributed by atoms with Crippen molar-refractivity contribution in [2.75, 3.05) is 14.1 Å². The lowest BCUT2D eigenvalue weighted by atomic mass is 9.98. The van der Waals surface area contributed by atoms with Gasteiger partial charge in [-0.1, -0.05) is 26.7 Å². The molecule has 0 aromatic rings. The van der Waals surface area contributed by atoms with Gasteiger partial charge in [-0.2, -0.15) is 0 Å². The van der Waals surface area contributed by atoms with Crippen LogP contribution in [0.1, 0.15) is 39.5 Å². The second kappa shape index (κ2) is 7.46. The average molecular weight is 213 g/mol. The van der Waals surface area contributed by atoms with Gasteiger partial charge in [0.1, 0.15) is 0 Å². The van der Waals surface area contributed by atoms with E-state index in [0.717, 1.165) is 25.5 Å². The molecular formula is C12H23NO2. The molecule has 0 saturated heterocycles. The van der Waals surface area contributed by atoms with E-state index < -0.39 is 0 Å². The first kappa shape index (κ1) is 14.2. The zero-order chi connectivity index (χ0) is 11.8. The first-order valence-corrected chi connectivity index (χ1v) is 5.62. The molecule has 1 N–H and O–H groups in total. The number of aliphatic hydroxyl groups is 1. The molecule has 0 rings (SSSR count). The third kappa shape index (κ3) is 4.47. The first-order valence-electron chi connectivity index (χ1n) is 5.62. The Labute approximate surface area is 92.8 Å². The lowest BCUT2D eigenvalue weighted by Crippen LogP contribution is -2.36. The van der Waals surface area contributed by atoms with Gasteiger partial charge in [0.15, 0.2) is 5.78 Å². The molecule has 0 aliphatic rings. The molecular weight excluding hydrogens is 190 g/mol. The number of likely N-dealkylation sites (N-methyl/N-ethyl adjacent to an activating group) is 1. The molecule has 0 aliphatic heterocycles. The van der Waals surface area contributed by atoms with E-state index in [-0.39, 0.29) is 11.8 Å². The molecule has 0 radical (unpaired) electrons. The summed E-state index contributed by atoms with van der Waals surface area (Å²) in [4.78, 5) is 13.9. The van der Waals surface area contributed by atoms with Crippen LogP contribution in [0.2, 0.25) is 0 Å². The summed E-state index contributed by atoms with van der Waals surface area (Å²) in [5.74, 6) is 0.0541. The fourth-order valence-electron chi connectivity index (χ4n) is 1.56. The van der Waals surface area contributed by atoms with Gasteiger partial charge < -0.3 is 5.11 Å². The normalized spacial score (nSPS) is 14.3. The minimum absolute atomic E-state index is 0.0541. The van der Waals surface area contributed by atoms with Crippen LogP contribution in [-0.2, 0) is 4.79 Å². The average Bonchev–Trinajstić information content (AvgIpc) is 2.19. The van der Waals surface area contributed by atoms with Crippen LogP contribution >= 0.6 is 0 Å². The van der Waals surface area contributed by atoms with E-state index in [9.17, 15) is 4.79 Å². The van der Waals surface area contributed by atoms with Gasteiger partial charge in [-0.15, -0.1) is 0 Å². The molecule has 0 heterocycles. The monoisotopic (exact) mass is 213 g/mol. The summed E-state index contributed by atoms with van der Waals surface area (Å²) in [6.07, 6.45) is 4.52. The lowest BCUT2D eigenvalue weighted by molar-refractivity contribution is -0.120. The molecule has 0 aromatic heterocycles. The highest BCUT2D eigenvalue weighted by atomic mass is 16.2. The predicted octanol–water partition coefficient (Wildman–Crippen LogP) is 2.53. The number of unbranched alkanes of at least 4 members (excludes halogenated alkanes) is 1. The molecule has 1 atom stereocenters. The zero-order valence-electron chi connectivity index (χ0n) is 10.3. The number of ketones is 1. The molecule has 0 aromatic carbocycles. The van der Waals surface area contributed by atoms with Gasteiger partial charge in [-0.25, -0.2) is 0 Å². The van der Waals surface area contributed by atoms with Crippen molar-refractivity contribution in [1.82, 2.24) is 4.90 Å². The van der Waals surface area contributed by atoms with Crippen molar-refractivity contribution in [1.29, 1.82) is 0 Å². The Morgan fingerprint density at radius 2 is 2.00 bits per heavy atom. The Bertz CT molecular complexity index is 222. The van der Waals surface area contributed by atoms with E-state index >= 15 is 0 Å². The van der Waals surface area contributed by atoms with Crippen LogP contribution in [-0.4, -0.2) is 35.9 Å². The van der Waals surface area contributed by atoms with E-state index in [0.29, 0.717) is 12.0 Å². The molecule has 0 fully saturated rings. The van der Waals surface area contributed by atoms with Gasteiger partial charge in [0.2, 0.25) is 0 Å². The highest BCUT2D eigenvalue weighted by molar-refractivity contribution is 5.99. The molecule has 1 unspecified atom stereocenters. The molecule has 3 heteroatoms. The Morgan fingerprint density at radius 3 is 2.33 bits per heavy atom. The standard InChI is InChI=1S/C12H23NO2/c1-5-7-8-11(13(3)4)12(15)10(6-2)9-14/h9,11,14H,5-8H2,1-4H3/b10-9+. The number of hydrogen-bond donors (Lipinski definition) is 1. The molecule has 15 heavy (non-hydrogen) atoms. The Kier molecular flexibility index (Phi) is 7.05. The second-order valence-electron chi connectivity index (χ2n) is 3.99. The Hall–Kier alpha value is -0.830. The summed E-state index contributed by atoms with van der Waals surface area (Å²) >= 11 is 0. The SMILES string of the molecule is CCCCC(C(=O)/C(=C/O)CC)N(C)C. The van der Waals surface area contributed by atoms with Crippen LogP contribution in [0.15, 0.2) is 11.8 Å². The van der Waals surface area contributed by atoms with Crippen molar-refractivity contribution in [3.8, 4) is 0 Å². The van der Waals surface area contributed by atoms with Gasteiger partial charge in [0.25, 0.3) is 0 Å². The summed E-state index contributed by atoms with van der Waals surface area (Å²) in [5, 5.41) is 8.95. The summed E-state index contributed by atoms with van der Waals surface area (Å²) in [6.45, 7) is 3.99. The maximum atomic E-state index is 12.0. The predicted molar refractivity (Wildman–Crippen MR) is 63.0 cm³/mol. The van der Waals surface area contributed by atoms with Crippen LogP contribution in [0.5, 0.6) is 0 Å². The Balaban J connectivity index is 4.54. The van der Waals surface area contributed by atoms with Crippen molar-refractivity contribution in [3.63, 3.8) is 0 Å². The molecule has 3 nitrogen and oxygen atoms in total. The van der Waals surface area contributed by atoms with E-state index in [1.807, 2.05) is 25.9 Å². The molecule has 0 amide bonds. The van der Waals surface area contributed by atoms with E-state index in [1.54, 1.807) is 0 Å². The van der Waals surface area contributed by atoms with Crippen molar-refractivity contribution < 1.29 is 9.90 Å². The third-order valence-corrected chi connectivity index (χ3v) is 2.61. The van der Waals surface area contributed by atoms with Crippen LogP contribution < -0.4 is 0 Å². The van der Waals surface area contributed by atoms with Crippen LogP contribution in [0.3, 0.4) is 0 Å². The van der Waals surface area contributed by atoms with Gasteiger partial charge in [-0.05, 0) is 26.9 Å². The zero-order valence-corrected chi connectivity index (χ0v) is 10.3. The fourth-order valence-corrected chi connectivity index (χ4v) is 1.56. The summed E-state index contributed by atoms with van der Waals surface area (Å²) < 4.78 is 0. The van der Waals surface area contributed by atoms with Gasteiger partial charge in [-0.3, -0.25) is 9.69 Å². The van der Waals surface area contributed by atoms with Gasteiger partial charge in [0.05, 0.1) is 12.3 Å². The minimum Gasteiger partial charge on any atom is -0.515 e. The van der Waals surface area contributed by atoms with Gasteiger partial charge >= 0.3 is 0 Å². The second-order valence-corrected chi connectivity index (χ2v) is 3.99. The highest BCUT2D eigenvalue weighted by Gasteiger charge is 2.22. The van der Waals surface area contributed by atoms with Crippen molar-refractivity contribution in [3.05, 3.63) is 11.8 Å². The maximum absolute atomic E-state index is 12.0. The number of hydrogen-bond acceptors (Lipinski definition) is 3. The van der Waals surface area contributed by atoms with Crippen molar-refractivity contribution >= 4 is 5.78 Å². The minimum atomic E-state index is -0.0942. The smallest absolute Gasteiger partial charge is 0.178 e. The van der Waals surface area contributed by atoms with Gasteiger partial charge in [0, 0.05) is 5.57 Å². The quantitative estimate of drug-likeness (QED) is 0.522. The summed E-state index contributed by atoms with van der Waals surface area (Å²) in [5.41, 5.74) is 0.518. The van der Waals surface area contributed by atoms with Crippen LogP contribution in [0.4, 0.5) is 0 Å². The molecule has 88 valence electrons. The fraction of sp³-hybridized carbons (Fsp3) is 0.750. The van der Waals surface area contributed by atoms with Crippen molar-refractivity contribution in [2.24, 2.45) is 0 Å². The number of rotatable bonds is 7. The number of carbonyl (C=O) groups is 1. The molecule has 0 spiro atoms. The van der Waals surface area contributed by atoms with Crippen LogP contribution in [0, 0.1) is 0 Å². The largest absolute Gasteiger partial charge is 0.515 e. The number of nitrogens with zero attached hydrogens (tertiary/aromatic N) is 1. The number of Topliss-reactive ketones (excluding diaryl/α,β-unsaturated/α-hetero) is 1. The third-order valence-electron chi connectivity index (χ3n) is 2.61. The van der Waals surface area contributed by atoms with E-state index in [1.165, 1.54) is 0 Å². The molecule has 0 bridgehead atoms. The first-order chi connectivity index (χ1) is 7.08. The van der Waals surface area contributed by atoms with Crippen LogP contribution in [0.25, 0.3) is 0 Å². The number of carbonyl (C=O) groups excluding carboxylic acids is 1. The number of aliphatic hydroxyl groups excluding tert-OH is 1. The topological polar surface area (TPSA) is 40.5 Å². The van der Waals surface area contributed by atoms with E-state index in [4.69, 9.17) is 5.11 Å². The highest BCUT2D eigenvalue weighted by Crippen LogP contribution is 2.13. The lowest BCUT2D eigenvalue weighted by Gasteiger charge is -2.23. The summed E-state index contributed by atoms with van der Waals surface area (Å²) in [7, 11) is 3.81. The maximum Gasteiger partial charge on any atom is 0.178 e. The molecule has 0 aliphatic carbocycles. The molecule has 0 saturated carbocycles. The summed E-state index contributed by atoms with van der Waals surface area (Å²) in [6, 6.07) is -0.0942. The Morgan fingerprint density at radius 1 is 1.40 bits per heavy atom. The van der Waals surface area contributed by atoms with Crippen molar-refractivity contribution in [2.45, 2.75) is 45.6 Å².